The van der Waals surface area contributed by atoms with Crippen LogP contribution in [0.5, 0.6) is 12.0 Å². The Bertz CT molecular complexity index is 401. The van der Waals surface area contributed by atoms with Crippen molar-refractivity contribution in [2.45, 2.75) is 65.4 Å². The van der Waals surface area contributed by atoms with Crippen LogP contribution in [0.2, 0.25) is 0 Å². The Morgan fingerprint density at radius 3 is 2.43 bits per heavy atom. The number of nitrogens with one attached hydrogen (secondary N) is 1. The van der Waals surface area contributed by atoms with Crippen molar-refractivity contribution < 1.29 is 9.47 Å². The van der Waals surface area contributed by atoms with Crippen molar-refractivity contribution in [2.75, 3.05) is 19.0 Å². The summed E-state index contributed by atoms with van der Waals surface area (Å²) in [6.07, 6.45) is 6.93. The van der Waals surface area contributed by atoms with Crippen molar-refractivity contribution in [3.63, 3.8) is 0 Å². The SMILES string of the molecule is CCCCCCC(C)Oc1nc(NC)nc(OCCC)n1. The summed E-state index contributed by atoms with van der Waals surface area (Å²) in [6, 6.07) is 0.632. The van der Waals surface area contributed by atoms with E-state index in [0.717, 1.165) is 19.3 Å². The average Bonchev–Trinajstić information content (AvgIpc) is 2.49. The monoisotopic (exact) mass is 296 g/mol. The lowest BCUT2D eigenvalue weighted by Gasteiger charge is -2.14. The van der Waals surface area contributed by atoms with E-state index in [2.05, 4.69) is 27.2 Å². The summed E-state index contributed by atoms with van der Waals surface area (Å²) in [6.45, 7) is 6.87. The van der Waals surface area contributed by atoms with E-state index in [9.17, 15) is 0 Å². The zero-order valence-corrected chi connectivity index (χ0v) is 13.7. The molecule has 0 saturated carbocycles. The van der Waals surface area contributed by atoms with Crippen LogP contribution in [0.4, 0.5) is 5.95 Å². The summed E-state index contributed by atoms with van der Waals surface area (Å²) in [5.41, 5.74) is 0. The molecule has 1 atom stereocenters. The third-order valence-corrected chi connectivity index (χ3v) is 3.02. The Morgan fingerprint density at radius 1 is 1.00 bits per heavy atom. The number of rotatable bonds is 11. The van der Waals surface area contributed by atoms with Gasteiger partial charge in [0.25, 0.3) is 0 Å². The number of ether oxygens (including phenoxy) is 2. The summed E-state index contributed by atoms with van der Waals surface area (Å²) >= 11 is 0. The van der Waals surface area contributed by atoms with Gasteiger partial charge < -0.3 is 14.8 Å². The first kappa shape index (κ1) is 17.5. The molecular weight excluding hydrogens is 268 g/mol. The maximum absolute atomic E-state index is 5.78. The van der Waals surface area contributed by atoms with E-state index in [1.54, 1.807) is 7.05 Å². The molecule has 0 amide bonds. The molecule has 0 aliphatic carbocycles. The first-order valence-corrected chi connectivity index (χ1v) is 7.92. The highest BCUT2D eigenvalue weighted by molar-refractivity contribution is 5.26. The van der Waals surface area contributed by atoms with Gasteiger partial charge in [0, 0.05) is 7.05 Å². The van der Waals surface area contributed by atoms with Crippen molar-refractivity contribution in [1.29, 1.82) is 0 Å². The Morgan fingerprint density at radius 2 is 1.76 bits per heavy atom. The van der Waals surface area contributed by atoms with Gasteiger partial charge in [0.2, 0.25) is 5.95 Å². The average molecular weight is 296 g/mol. The number of hydrogen-bond donors (Lipinski definition) is 1. The molecule has 0 spiro atoms. The lowest BCUT2D eigenvalue weighted by molar-refractivity contribution is 0.184. The predicted molar refractivity (Wildman–Crippen MR) is 84.0 cm³/mol. The molecule has 6 nitrogen and oxygen atoms in total. The van der Waals surface area contributed by atoms with E-state index in [-0.39, 0.29) is 6.10 Å². The van der Waals surface area contributed by atoms with Crippen molar-refractivity contribution in [1.82, 2.24) is 15.0 Å². The summed E-state index contributed by atoms with van der Waals surface area (Å²) in [7, 11) is 1.76. The van der Waals surface area contributed by atoms with Gasteiger partial charge in [-0.2, -0.15) is 9.97 Å². The van der Waals surface area contributed by atoms with Gasteiger partial charge in [0.05, 0.1) is 12.7 Å². The lowest BCUT2D eigenvalue weighted by Crippen LogP contribution is -2.15. The minimum atomic E-state index is 0.0907. The van der Waals surface area contributed by atoms with E-state index >= 15 is 0 Å². The first-order valence-electron chi connectivity index (χ1n) is 7.92. The van der Waals surface area contributed by atoms with Gasteiger partial charge in [-0.3, -0.25) is 0 Å². The van der Waals surface area contributed by atoms with Crippen molar-refractivity contribution in [2.24, 2.45) is 0 Å². The summed E-state index contributed by atoms with van der Waals surface area (Å²) < 4.78 is 11.2. The molecular formula is C15H28N4O2. The minimum absolute atomic E-state index is 0.0907. The lowest BCUT2D eigenvalue weighted by atomic mass is 10.1. The van der Waals surface area contributed by atoms with E-state index in [0.29, 0.717) is 24.6 Å². The van der Waals surface area contributed by atoms with E-state index < -0.39 is 0 Å². The molecule has 1 heterocycles. The predicted octanol–water partition coefficient (Wildman–Crippen LogP) is 3.44. The van der Waals surface area contributed by atoms with Crippen LogP contribution in [0.15, 0.2) is 0 Å². The van der Waals surface area contributed by atoms with Crippen LogP contribution in [-0.2, 0) is 0 Å². The second kappa shape index (κ2) is 10.2. The molecule has 0 radical (unpaired) electrons. The van der Waals surface area contributed by atoms with E-state index in [1.165, 1.54) is 19.3 Å². The van der Waals surface area contributed by atoms with Crippen molar-refractivity contribution >= 4 is 5.95 Å². The number of aromatic nitrogens is 3. The summed E-state index contributed by atoms with van der Waals surface area (Å²) in [5.74, 6) is 0.462. The molecule has 120 valence electrons. The van der Waals surface area contributed by atoms with Crippen molar-refractivity contribution in [3.8, 4) is 12.0 Å². The molecule has 0 aromatic carbocycles. The van der Waals surface area contributed by atoms with Crippen LogP contribution < -0.4 is 14.8 Å². The maximum Gasteiger partial charge on any atom is 0.324 e. The topological polar surface area (TPSA) is 69.2 Å². The van der Waals surface area contributed by atoms with E-state index in [1.807, 2.05) is 13.8 Å². The van der Waals surface area contributed by atoms with Gasteiger partial charge in [0.1, 0.15) is 0 Å². The fourth-order valence-electron chi connectivity index (χ4n) is 1.86. The fraction of sp³-hybridized carbons (Fsp3) is 0.800. The fourth-order valence-corrected chi connectivity index (χ4v) is 1.86. The summed E-state index contributed by atoms with van der Waals surface area (Å²) in [5, 5.41) is 2.90. The molecule has 1 rings (SSSR count). The van der Waals surface area contributed by atoms with Crippen LogP contribution in [0.25, 0.3) is 0 Å². The van der Waals surface area contributed by atoms with Gasteiger partial charge in [0.15, 0.2) is 0 Å². The molecule has 0 aliphatic heterocycles. The molecule has 0 fully saturated rings. The van der Waals surface area contributed by atoms with Gasteiger partial charge in [-0.25, -0.2) is 0 Å². The highest BCUT2D eigenvalue weighted by atomic mass is 16.5. The quantitative estimate of drug-likeness (QED) is 0.631. The first-order chi connectivity index (χ1) is 10.2. The number of hydrogen-bond acceptors (Lipinski definition) is 6. The molecule has 0 saturated heterocycles. The molecule has 0 aliphatic rings. The zero-order valence-electron chi connectivity index (χ0n) is 13.7. The largest absolute Gasteiger partial charge is 0.463 e. The highest BCUT2D eigenvalue weighted by Crippen LogP contribution is 2.16. The van der Waals surface area contributed by atoms with Crippen LogP contribution >= 0.6 is 0 Å². The smallest absolute Gasteiger partial charge is 0.324 e. The third-order valence-electron chi connectivity index (χ3n) is 3.02. The van der Waals surface area contributed by atoms with Gasteiger partial charge in [-0.1, -0.05) is 33.1 Å². The second-order valence-electron chi connectivity index (χ2n) is 5.10. The van der Waals surface area contributed by atoms with Crippen LogP contribution in [0, 0.1) is 0 Å². The van der Waals surface area contributed by atoms with E-state index in [4.69, 9.17) is 9.47 Å². The highest BCUT2D eigenvalue weighted by Gasteiger charge is 2.11. The number of nitrogens with zero attached hydrogens (tertiary/aromatic N) is 3. The van der Waals surface area contributed by atoms with Crippen LogP contribution in [0.1, 0.15) is 59.3 Å². The molecule has 1 N–H and O–H groups in total. The molecule has 1 aromatic heterocycles. The minimum Gasteiger partial charge on any atom is -0.463 e. The third kappa shape index (κ3) is 7.11. The Kier molecular flexibility index (Phi) is 8.47. The summed E-state index contributed by atoms with van der Waals surface area (Å²) in [4.78, 5) is 12.6. The standard InChI is InChI=1S/C15H28N4O2/c1-5-7-8-9-10-12(3)21-15-18-13(16-4)17-14(19-15)20-11-6-2/h12H,5-11H2,1-4H3,(H,16,17,18,19). The molecule has 1 unspecified atom stereocenters. The molecule has 6 heteroatoms. The molecule has 1 aromatic rings. The van der Waals surface area contributed by atoms with Gasteiger partial charge in [-0.15, -0.1) is 4.98 Å². The van der Waals surface area contributed by atoms with Crippen LogP contribution in [0.3, 0.4) is 0 Å². The Hall–Kier alpha value is -1.59. The van der Waals surface area contributed by atoms with Crippen LogP contribution in [-0.4, -0.2) is 34.7 Å². The zero-order chi connectivity index (χ0) is 15.5. The second-order valence-corrected chi connectivity index (χ2v) is 5.10. The Balaban J connectivity index is 2.55. The number of anilines is 1. The maximum atomic E-state index is 5.78. The molecule has 0 bridgehead atoms. The van der Waals surface area contributed by atoms with Gasteiger partial charge >= 0.3 is 12.0 Å². The Labute approximate surface area is 127 Å². The normalized spacial score (nSPS) is 12.0. The van der Waals surface area contributed by atoms with Gasteiger partial charge in [-0.05, 0) is 26.2 Å². The molecule has 21 heavy (non-hydrogen) atoms. The van der Waals surface area contributed by atoms with Crippen molar-refractivity contribution in [3.05, 3.63) is 0 Å². The number of unbranched alkanes of at least 4 members (excludes halogenated alkanes) is 3.